The molecule has 0 unspecified atom stereocenters. The van der Waals surface area contributed by atoms with E-state index in [9.17, 15) is 18.8 Å². The number of methoxy groups -OCH3 is 1. The van der Waals surface area contributed by atoms with E-state index in [1.807, 2.05) is 0 Å². The van der Waals surface area contributed by atoms with Crippen molar-refractivity contribution in [1.29, 1.82) is 0 Å². The van der Waals surface area contributed by atoms with Crippen molar-refractivity contribution in [2.45, 2.75) is 32.6 Å². The van der Waals surface area contributed by atoms with Crippen molar-refractivity contribution in [3.8, 4) is 11.5 Å². The lowest BCUT2D eigenvalue weighted by Crippen LogP contribution is -2.37. The molecule has 4 rings (SSSR count). The molecule has 2 heterocycles. The van der Waals surface area contributed by atoms with E-state index in [-0.39, 0.29) is 11.6 Å². The zero-order chi connectivity index (χ0) is 29.2. The fourth-order valence-electron chi connectivity index (χ4n) is 4.49. The van der Waals surface area contributed by atoms with Gasteiger partial charge in [0.15, 0.2) is 22.9 Å². The molecule has 0 saturated carbocycles. The van der Waals surface area contributed by atoms with Crippen LogP contribution in [0.1, 0.15) is 48.7 Å². The number of carbonyl (C=O) groups is 3. The molecule has 2 aromatic carbocycles. The minimum absolute atomic E-state index is 0.00241. The van der Waals surface area contributed by atoms with Crippen molar-refractivity contribution >= 4 is 28.7 Å². The Balaban J connectivity index is 0.000000482. The van der Waals surface area contributed by atoms with Crippen LogP contribution in [0.15, 0.2) is 53.1 Å². The summed E-state index contributed by atoms with van der Waals surface area (Å²) in [6, 6.07) is 9.89. The summed E-state index contributed by atoms with van der Waals surface area (Å²) >= 11 is 0. The number of ketones is 1. The molecule has 40 heavy (non-hydrogen) atoms. The fourth-order valence-corrected chi connectivity index (χ4v) is 4.49. The molecule has 1 aromatic heterocycles. The molecular formula is C29H33FN2O8. The number of carboxylic acid groups (broad SMARTS) is 2. The molecule has 2 N–H and O–H groups in total. The Morgan fingerprint density at radius 1 is 1.10 bits per heavy atom. The number of nitrogens with zero attached hydrogens (tertiary/aromatic N) is 2. The summed E-state index contributed by atoms with van der Waals surface area (Å²) in [5.74, 6) is -0.938. The lowest BCUT2D eigenvalue weighted by atomic mass is 9.91. The highest BCUT2D eigenvalue weighted by molar-refractivity contribution is 5.94. The maximum absolute atomic E-state index is 13.4. The lowest BCUT2D eigenvalue weighted by Gasteiger charge is -2.32. The summed E-state index contributed by atoms with van der Waals surface area (Å²) in [5, 5.41) is 20.8. The number of hydrogen-bond acceptors (Lipinski definition) is 8. The summed E-state index contributed by atoms with van der Waals surface area (Å²) in [6.45, 7) is 7.15. The van der Waals surface area contributed by atoms with Crippen LogP contribution in [-0.4, -0.2) is 71.3 Å². The first-order chi connectivity index (χ1) is 19.1. The van der Waals surface area contributed by atoms with Crippen molar-refractivity contribution in [2.75, 3.05) is 33.4 Å². The number of Topliss-reactive ketones (excluding diaryl/α,β-unsaturated/α-hetero) is 1. The van der Waals surface area contributed by atoms with E-state index >= 15 is 0 Å². The zero-order valence-electron chi connectivity index (χ0n) is 22.6. The number of aliphatic carboxylic acids is 2. The van der Waals surface area contributed by atoms with Crippen molar-refractivity contribution in [2.24, 2.45) is 5.92 Å². The quantitative estimate of drug-likeness (QED) is 0.265. The molecule has 11 heteroatoms. The average Bonchev–Trinajstić information content (AvgIpc) is 3.34. The van der Waals surface area contributed by atoms with Crippen LogP contribution in [0.5, 0.6) is 11.5 Å². The van der Waals surface area contributed by atoms with Gasteiger partial charge in [-0.15, -0.1) is 0 Å². The van der Waals surface area contributed by atoms with Gasteiger partial charge in [-0.3, -0.25) is 4.79 Å². The number of hydrogen-bond donors (Lipinski definition) is 2. The largest absolute Gasteiger partial charge is 0.493 e. The summed E-state index contributed by atoms with van der Waals surface area (Å²) < 4.78 is 30.1. The highest BCUT2D eigenvalue weighted by Gasteiger charge is 2.26. The third-order valence-corrected chi connectivity index (χ3v) is 6.47. The van der Waals surface area contributed by atoms with Gasteiger partial charge in [0.1, 0.15) is 5.82 Å². The molecule has 3 aromatic rings. The first-order valence-corrected chi connectivity index (χ1v) is 12.8. The van der Waals surface area contributed by atoms with E-state index in [1.54, 1.807) is 31.4 Å². The van der Waals surface area contributed by atoms with Crippen molar-refractivity contribution in [1.82, 2.24) is 10.1 Å². The predicted octanol–water partition coefficient (Wildman–Crippen LogP) is 4.78. The molecule has 1 atom stereocenters. The van der Waals surface area contributed by atoms with Gasteiger partial charge in [-0.05, 0) is 63.2 Å². The Kier molecular flexibility index (Phi) is 10.8. The molecule has 0 bridgehead atoms. The Morgan fingerprint density at radius 2 is 1.77 bits per heavy atom. The van der Waals surface area contributed by atoms with E-state index in [0.717, 1.165) is 43.6 Å². The maximum atomic E-state index is 13.4. The number of ether oxygens (including phenoxy) is 2. The SMILES string of the molecule is COc1cc(C(C)=O)ccc1OC[C@@H](C)CN1CCC(c2noc3cc(F)ccc23)CC1.O=C(O)/C=C/C(=O)O. The number of likely N-dealkylation sites (tertiary alicyclic amines) is 1. The van der Waals surface area contributed by atoms with E-state index in [4.69, 9.17) is 24.2 Å². The highest BCUT2D eigenvalue weighted by Crippen LogP contribution is 2.33. The number of carbonyl (C=O) groups excluding carboxylic acids is 1. The molecule has 10 nitrogen and oxygen atoms in total. The number of piperidine rings is 1. The van der Waals surface area contributed by atoms with E-state index in [2.05, 4.69) is 17.0 Å². The number of aromatic nitrogens is 1. The first-order valence-electron chi connectivity index (χ1n) is 12.8. The van der Waals surface area contributed by atoms with Crippen LogP contribution in [0.4, 0.5) is 4.39 Å². The summed E-state index contributed by atoms with van der Waals surface area (Å²) in [6.07, 6.45) is 3.10. The zero-order valence-corrected chi connectivity index (χ0v) is 22.6. The second kappa shape index (κ2) is 14.2. The molecule has 0 radical (unpaired) electrons. The Hall–Kier alpha value is -4.25. The van der Waals surface area contributed by atoms with Gasteiger partial charge in [0.25, 0.3) is 0 Å². The third-order valence-electron chi connectivity index (χ3n) is 6.47. The van der Waals surface area contributed by atoms with Crippen molar-refractivity contribution in [3.63, 3.8) is 0 Å². The normalized spacial score (nSPS) is 14.9. The monoisotopic (exact) mass is 556 g/mol. The summed E-state index contributed by atoms with van der Waals surface area (Å²) in [5.41, 5.74) is 2.06. The molecule has 1 aliphatic rings. The fraction of sp³-hybridized carbons (Fsp3) is 0.379. The van der Waals surface area contributed by atoms with Crippen LogP contribution >= 0.6 is 0 Å². The lowest BCUT2D eigenvalue weighted by molar-refractivity contribution is -0.134. The summed E-state index contributed by atoms with van der Waals surface area (Å²) in [7, 11) is 1.58. The third kappa shape index (κ3) is 8.63. The van der Waals surface area contributed by atoms with Gasteiger partial charge >= 0.3 is 11.9 Å². The highest BCUT2D eigenvalue weighted by atomic mass is 19.1. The predicted molar refractivity (Wildman–Crippen MR) is 144 cm³/mol. The van der Waals surface area contributed by atoms with E-state index in [0.29, 0.717) is 53.2 Å². The van der Waals surface area contributed by atoms with Crippen molar-refractivity contribution in [3.05, 3.63) is 65.6 Å². The van der Waals surface area contributed by atoms with Gasteiger partial charge in [-0.25, -0.2) is 14.0 Å². The van der Waals surface area contributed by atoms with Gasteiger partial charge in [0.05, 0.1) is 19.4 Å². The Morgan fingerprint density at radius 3 is 2.38 bits per heavy atom. The standard InChI is InChI=1S/C25H29FN2O4.C4H4O4/c1-16(15-31-22-7-4-19(17(2)29)12-24(22)30-3)14-28-10-8-18(9-11-28)25-21-6-5-20(26)13-23(21)32-27-25;5-3(6)1-2-4(7)8/h4-7,12-13,16,18H,8-11,14-15H2,1-3H3;1-2H,(H,5,6)(H,7,8)/b;2-1+/t16-;/m0./s1. The minimum atomic E-state index is -1.26. The number of benzene rings is 2. The van der Waals surface area contributed by atoms with Crippen LogP contribution in [-0.2, 0) is 9.59 Å². The van der Waals surface area contributed by atoms with Crippen LogP contribution in [0.3, 0.4) is 0 Å². The molecule has 0 spiro atoms. The van der Waals surface area contributed by atoms with Gasteiger partial charge < -0.3 is 29.1 Å². The van der Waals surface area contributed by atoms with Crippen LogP contribution in [0, 0.1) is 11.7 Å². The molecule has 0 aliphatic carbocycles. The van der Waals surface area contributed by atoms with Crippen molar-refractivity contribution < 1.29 is 43.0 Å². The Labute approximate surface area is 231 Å². The average molecular weight is 557 g/mol. The summed E-state index contributed by atoms with van der Waals surface area (Å²) in [4.78, 5) is 33.1. The number of halogens is 1. The second-order valence-corrected chi connectivity index (χ2v) is 9.63. The van der Waals surface area contributed by atoms with Gasteiger partial charge in [-0.2, -0.15) is 0 Å². The van der Waals surface area contributed by atoms with Gasteiger partial charge in [0, 0.05) is 47.5 Å². The van der Waals surface area contributed by atoms with Crippen LogP contribution < -0.4 is 9.47 Å². The maximum Gasteiger partial charge on any atom is 0.328 e. The molecule has 1 fully saturated rings. The molecular weight excluding hydrogens is 523 g/mol. The topological polar surface area (TPSA) is 139 Å². The van der Waals surface area contributed by atoms with Gasteiger partial charge in [0.2, 0.25) is 0 Å². The second-order valence-electron chi connectivity index (χ2n) is 9.63. The molecule has 1 saturated heterocycles. The van der Waals surface area contributed by atoms with E-state index < -0.39 is 11.9 Å². The number of rotatable bonds is 10. The molecule has 1 aliphatic heterocycles. The number of fused-ring (bicyclic) bond motifs is 1. The first kappa shape index (κ1) is 30.3. The van der Waals surface area contributed by atoms with Crippen LogP contribution in [0.2, 0.25) is 0 Å². The van der Waals surface area contributed by atoms with E-state index in [1.165, 1.54) is 19.1 Å². The number of carboxylic acids is 2. The molecule has 0 amide bonds. The van der Waals surface area contributed by atoms with Crippen LogP contribution in [0.25, 0.3) is 11.0 Å². The smallest absolute Gasteiger partial charge is 0.328 e. The Bertz CT molecular complexity index is 1350. The van der Waals surface area contributed by atoms with Gasteiger partial charge in [-0.1, -0.05) is 12.1 Å². The minimum Gasteiger partial charge on any atom is -0.493 e. The molecule has 214 valence electrons.